The number of carbonyl (C=O) groups excluding carboxylic acids is 1. The number of rotatable bonds is 6. The summed E-state index contributed by atoms with van der Waals surface area (Å²) < 4.78 is 2.31. The quantitative estimate of drug-likeness (QED) is 0.574. The molecule has 5 heteroatoms. The van der Waals surface area contributed by atoms with Crippen molar-refractivity contribution in [2.45, 2.75) is 68.8 Å². The van der Waals surface area contributed by atoms with Gasteiger partial charge in [-0.25, -0.2) is 0 Å². The molecule has 2 saturated carbocycles. The Hall–Kier alpha value is -1.62. The van der Waals surface area contributed by atoms with Crippen LogP contribution < -0.4 is 0 Å². The predicted molar refractivity (Wildman–Crippen MR) is 95.8 cm³/mol. The molecule has 4 rings (SSSR count). The summed E-state index contributed by atoms with van der Waals surface area (Å²) in [6.45, 7) is 6.01. The van der Waals surface area contributed by atoms with Gasteiger partial charge in [0.2, 0.25) is 0 Å². The molecule has 0 N–H and O–H groups in total. The van der Waals surface area contributed by atoms with E-state index in [-0.39, 0.29) is 11.0 Å². The van der Waals surface area contributed by atoms with Gasteiger partial charge >= 0.3 is 0 Å². The number of Topliss-reactive ketones (excluding diaryl/α,β-unsaturated/α-hetero) is 1. The van der Waals surface area contributed by atoms with Crippen molar-refractivity contribution in [3.63, 3.8) is 0 Å². The van der Waals surface area contributed by atoms with E-state index in [1.807, 2.05) is 32.9 Å². The molecule has 4 nitrogen and oxygen atoms in total. The van der Waals surface area contributed by atoms with E-state index < -0.39 is 0 Å². The molecule has 0 aliphatic heterocycles. The van der Waals surface area contributed by atoms with E-state index in [1.165, 1.54) is 25.7 Å². The second-order valence-corrected chi connectivity index (χ2v) is 8.47. The van der Waals surface area contributed by atoms with Crippen molar-refractivity contribution in [3.8, 4) is 0 Å². The van der Waals surface area contributed by atoms with E-state index in [0.717, 1.165) is 27.7 Å². The van der Waals surface area contributed by atoms with Crippen LogP contribution in [0.2, 0.25) is 0 Å². The van der Waals surface area contributed by atoms with Crippen LogP contribution in [0.15, 0.2) is 23.4 Å². The summed E-state index contributed by atoms with van der Waals surface area (Å²) in [4.78, 5) is 12.9. The fourth-order valence-corrected chi connectivity index (χ4v) is 4.09. The zero-order valence-corrected chi connectivity index (χ0v) is 15.3. The Morgan fingerprint density at radius 3 is 2.62 bits per heavy atom. The lowest BCUT2D eigenvalue weighted by molar-refractivity contribution is 0.0993. The number of thioether (sulfide) groups is 1. The minimum Gasteiger partial charge on any atom is -0.303 e. The van der Waals surface area contributed by atoms with E-state index in [9.17, 15) is 4.79 Å². The summed E-state index contributed by atoms with van der Waals surface area (Å²) >= 11 is 1.56. The first-order chi connectivity index (χ1) is 11.5. The van der Waals surface area contributed by atoms with E-state index in [4.69, 9.17) is 0 Å². The fraction of sp³-hybridized carbons (Fsp3) is 0.526. The molecule has 1 atom stereocenters. The summed E-state index contributed by atoms with van der Waals surface area (Å²) in [5, 5.41) is 9.62. The molecule has 1 unspecified atom stereocenters. The molecule has 2 fully saturated rings. The number of nitrogens with zero attached hydrogens (tertiary/aromatic N) is 3. The maximum absolute atomic E-state index is 12.9. The largest absolute Gasteiger partial charge is 0.303 e. The molecule has 2 aromatic rings. The highest BCUT2D eigenvalue weighted by molar-refractivity contribution is 8.00. The van der Waals surface area contributed by atoms with E-state index >= 15 is 0 Å². The minimum absolute atomic E-state index is 0.153. The molecule has 24 heavy (non-hydrogen) atoms. The van der Waals surface area contributed by atoms with Gasteiger partial charge in [-0.15, -0.1) is 10.2 Å². The first-order valence-corrected chi connectivity index (χ1v) is 9.65. The van der Waals surface area contributed by atoms with Crippen LogP contribution in [-0.4, -0.2) is 25.8 Å². The van der Waals surface area contributed by atoms with Crippen molar-refractivity contribution in [1.29, 1.82) is 0 Å². The van der Waals surface area contributed by atoms with Gasteiger partial charge in [-0.05, 0) is 58.1 Å². The lowest BCUT2D eigenvalue weighted by atomic mass is 10.0. The van der Waals surface area contributed by atoms with Crippen LogP contribution in [0.3, 0.4) is 0 Å². The Morgan fingerprint density at radius 1 is 1.21 bits per heavy atom. The van der Waals surface area contributed by atoms with Gasteiger partial charge in [-0.3, -0.25) is 4.79 Å². The summed E-state index contributed by atoms with van der Waals surface area (Å²) in [5.41, 5.74) is 2.99. The lowest BCUT2D eigenvalue weighted by Crippen LogP contribution is -2.16. The number of ketones is 1. The third kappa shape index (κ3) is 3.02. The number of hydrogen-bond donors (Lipinski definition) is 0. The number of aromatic nitrogens is 3. The Morgan fingerprint density at radius 2 is 1.96 bits per heavy atom. The zero-order valence-electron chi connectivity index (χ0n) is 14.5. The minimum atomic E-state index is -0.153. The van der Waals surface area contributed by atoms with Crippen LogP contribution in [-0.2, 0) is 0 Å². The smallest absolute Gasteiger partial charge is 0.192 e. The summed E-state index contributed by atoms with van der Waals surface area (Å²) in [6.07, 6.45) is 4.88. The number of benzene rings is 1. The van der Waals surface area contributed by atoms with Crippen molar-refractivity contribution in [2.75, 3.05) is 0 Å². The van der Waals surface area contributed by atoms with Crippen LogP contribution >= 0.6 is 11.8 Å². The fourth-order valence-electron chi connectivity index (χ4n) is 3.10. The highest BCUT2D eigenvalue weighted by Crippen LogP contribution is 2.46. The maximum Gasteiger partial charge on any atom is 0.192 e. The van der Waals surface area contributed by atoms with E-state index in [2.05, 4.69) is 20.8 Å². The molecule has 1 aromatic carbocycles. The molecule has 0 amide bonds. The molecule has 0 radical (unpaired) electrons. The Bertz CT molecular complexity index is 790. The number of aryl methyl sites for hydroxylation is 2. The Balaban J connectivity index is 1.57. The van der Waals surface area contributed by atoms with Crippen molar-refractivity contribution in [1.82, 2.24) is 14.8 Å². The Kier molecular flexibility index (Phi) is 3.99. The van der Waals surface area contributed by atoms with E-state index in [1.54, 1.807) is 11.8 Å². The summed E-state index contributed by atoms with van der Waals surface area (Å²) in [5.74, 6) is 1.92. The van der Waals surface area contributed by atoms with Gasteiger partial charge in [-0.2, -0.15) is 0 Å². The van der Waals surface area contributed by atoms with Crippen LogP contribution in [0, 0.1) is 13.8 Å². The predicted octanol–water partition coefficient (Wildman–Crippen LogP) is 4.47. The zero-order chi connectivity index (χ0) is 16.8. The van der Waals surface area contributed by atoms with Crippen LogP contribution in [0.1, 0.15) is 71.9 Å². The molecular weight excluding hydrogens is 318 g/mol. The topological polar surface area (TPSA) is 47.8 Å². The third-order valence-electron chi connectivity index (χ3n) is 4.86. The first-order valence-electron chi connectivity index (χ1n) is 8.77. The van der Waals surface area contributed by atoms with Crippen molar-refractivity contribution in [3.05, 3.63) is 40.7 Å². The molecular formula is C19H23N3OS. The second kappa shape index (κ2) is 6.03. The van der Waals surface area contributed by atoms with E-state index in [0.29, 0.717) is 12.0 Å². The van der Waals surface area contributed by atoms with Crippen LogP contribution in [0.25, 0.3) is 0 Å². The molecule has 0 saturated heterocycles. The lowest BCUT2D eigenvalue weighted by Gasteiger charge is -2.14. The van der Waals surface area contributed by atoms with Gasteiger partial charge in [0.1, 0.15) is 5.82 Å². The monoisotopic (exact) mass is 341 g/mol. The van der Waals surface area contributed by atoms with Crippen LogP contribution in [0.4, 0.5) is 0 Å². The SMILES string of the molecule is Cc1ccc(C)c(C(=O)C(C)Sc2nnc(C3CC3)n2C2CC2)c1. The highest BCUT2D eigenvalue weighted by Gasteiger charge is 2.37. The number of carbonyl (C=O) groups is 1. The molecule has 0 spiro atoms. The van der Waals surface area contributed by atoms with Gasteiger partial charge in [0, 0.05) is 17.5 Å². The summed E-state index contributed by atoms with van der Waals surface area (Å²) in [7, 11) is 0. The molecule has 2 aliphatic rings. The van der Waals surface area contributed by atoms with Gasteiger partial charge < -0.3 is 4.57 Å². The van der Waals surface area contributed by atoms with Gasteiger partial charge in [-0.1, -0.05) is 29.5 Å². The van der Waals surface area contributed by atoms with Crippen molar-refractivity contribution >= 4 is 17.5 Å². The van der Waals surface area contributed by atoms with Gasteiger partial charge in [0.15, 0.2) is 10.9 Å². The average molecular weight is 341 g/mol. The van der Waals surface area contributed by atoms with Gasteiger partial charge in [0.25, 0.3) is 0 Å². The first kappa shape index (κ1) is 15.9. The van der Waals surface area contributed by atoms with Gasteiger partial charge in [0.05, 0.1) is 5.25 Å². The highest BCUT2D eigenvalue weighted by atomic mass is 32.2. The number of hydrogen-bond acceptors (Lipinski definition) is 4. The second-order valence-electron chi connectivity index (χ2n) is 7.16. The maximum atomic E-state index is 12.9. The summed E-state index contributed by atoms with van der Waals surface area (Å²) in [6, 6.07) is 6.63. The molecule has 1 heterocycles. The van der Waals surface area contributed by atoms with Crippen molar-refractivity contribution in [2.24, 2.45) is 0 Å². The molecule has 1 aromatic heterocycles. The third-order valence-corrected chi connectivity index (χ3v) is 5.91. The van der Waals surface area contributed by atoms with Crippen LogP contribution in [0.5, 0.6) is 0 Å². The normalized spacial score (nSPS) is 18.6. The average Bonchev–Trinajstić information content (AvgIpc) is 3.48. The molecule has 0 bridgehead atoms. The molecule has 126 valence electrons. The van der Waals surface area contributed by atoms with Crippen molar-refractivity contribution < 1.29 is 4.79 Å². The molecule has 2 aliphatic carbocycles. The standard InChI is InChI=1S/C19H23N3OS/c1-11-4-5-12(2)16(10-11)17(23)13(3)24-19-21-20-18(14-6-7-14)22(19)15-8-9-15/h4-5,10,13-15H,6-9H2,1-3H3. The Labute approximate surface area is 147 Å².